The second kappa shape index (κ2) is 9.43. The number of halogens is 2. The minimum atomic E-state index is -1.17. The van der Waals surface area contributed by atoms with Crippen LogP contribution in [-0.4, -0.2) is 36.5 Å². The lowest BCUT2D eigenvalue weighted by atomic mass is 10.2. The number of methoxy groups -OCH3 is 1. The Morgan fingerprint density at radius 1 is 1.16 bits per heavy atom. The lowest BCUT2D eigenvalue weighted by Gasteiger charge is -2.15. The molecule has 166 valence electrons. The fraction of sp³-hybridized carbons (Fsp3) is 0.350. The van der Waals surface area contributed by atoms with Crippen LogP contribution >= 0.6 is 23.2 Å². The van der Waals surface area contributed by atoms with Crippen molar-refractivity contribution in [3.63, 3.8) is 0 Å². The Labute approximate surface area is 190 Å². The van der Waals surface area contributed by atoms with Gasteiger partial charge in [0, 0.05) is 26.8 Å². The summed E-state index contributed by atoms with van der Waals surface area (Å²) in [6, 6.07) is 8.76. The highest BCUT2D eigenvalue weighted by Crippen LogP contribution is 2.40. The Balaban J connectivity index is 1.84. The summed E-state index contributed by atoms with van der Waals surface area (Å²) >= 11 is 12.3. The van der Waals surface area contributed by atoms with E-state index in [2.05, 4.69) is 24.7 Å². The number of fused-ring (bicyclic) bond motifs is 1. The van der Waals surface area contributed by atoms with Gasteiger partial charge in [0.15, 0.2) is 5.75 Å². The summed E-state index contributed by atoms with van der Waals surface area (Å²) < 4.78 is 18.8. The highest BCUT2D eigenvalue weighted by molar-refractivity contribution is 6.76. The molecule has 0 fully saturated rings. The van der Waals surface area contributed by atoms with Crippen molar-refractivity contribution in [3.8, 4) is 17.4 Å². The second-order valence-electron chi connectivity index (χ2n) is 8.13. The maximum Gasteiger partial charge on any atom is 0.272 e. The Morgan fingerprint density at radius 2 is 1.84 bits per heavy atom. The normalized spacial score (nSPS) is 11.7. The minimum Gasteiger partial charge on any atom is -0.479 e. The molecule has 0 saturated carbocycles. The SMILES string of the molecule is COc1nn(COCC[Si](C)(C)C)c2ccc(Oc3c(Cl)cc([N+](=O)[O-])cc3Cl)cc12. The predicted octanol–water partition coefficient (Wildman–Crippen LogP) is 6.36. The van der Waals surface area contributed by atoms with Crippen molar-refractivity contribution < 1.29 is 19.1 Å². The molecule has 0 aliphatic carbocycles. The third kappa shape index (κ3) is 5.68. The number of aromatic nitrogens is 2. The van der Waals surface area contributed by atoms with E-state index >= 15 is 0 Å². The first kappa shape index (κ1) is 23.3. The molecule has 0 aliphatic heterocycles. The molecular weight excluding hydrogens is 461 g/mol. The van der Waals surface area contributed by atoms with Gasteiger partial charge in [-0.1, -0.05) is 42.8 Å². The van der Waals surface area contributed by atoms with E-state index in [0.717, 1.165) is 16.9 Å². The van der Waals surface area contributed by atoms with Crippen molar-refractivity contribution in [2.75, 3.05) is 13.7 Å². The first-order chi connectivity index (χ1) is 14.6. The second-order valence-corrected chi connectivity index (χ2v) is 14.6. The van der Waals surface area contributed by atoms with Crippen LogP contribution in [0.4, 0.5) is 5.69 Å². The van der Waals surface area contributed by atoms with Gasteiger partial charge in [-0.05, 0) is 24.2 Å². The first-order valence-electron chi connectivity index (χ1n) is 9.52. The summed E-state index contributed by atoms with van der Waals surface area (Å²) in [5, 5.41) is 16.2. The molecule has 0 radical (unpaired) electrons. The van der Waals surface area contributed by atoms with Crippen LogP contribution < -0.4 is 9.47 Å². The molecule has 0 N–H and O–H groups in total. The smallest absolute Gasteiger partial charge is 0.272 e. The van der Waals surface area contributed by atoms with E-state index in [0.29, 0.717) is 25.0 Å². The van der Waals surface area contributed by atoms with Crippen LogP contribution in [-0.2, 0) is 11.5 Å². The van der Waals surface area contributed by atoms with Gasteiger partial charge < -0.3 is 14.2 Å². The lowest BCUT2D eigenvalue weighted by Crippen LogP contribution is -2.22. The van der Waals surface area contributed by atoms with Crippen LogP contribution in [0.3, 0.4) is 0 Å². The molecule has 0 amide bonds. The minimum absolute atomic E-state index is 0.0396. The molecule has 1 aromatic heterocycles. The molecule has 8 nitrogen and oxygen atoms in total. The summed E-state index contributed by atoms with van der Waals surface area (Å²) in [4.78, 5) is 10.4. The van der Waals surface area contributed by atoms with Crippen molar-refractivity contribution in [2.24, 2.45) is 0 Å². The zero-order valence-electron chi connectivity index (χ0n) is 17.6. The fourth-order valence-electron chi connectivity index (χ4n) is 2.84. The Bertz CT molecular complexity index is 1090. The number of ether oxygens (including phenoxy) is 3. The number of nitro benzene ring substituents is 1. The van der Waals surface area contributed by atoms with E-state index in [4.69, 9.17) is 37.4 Å². The van der Waals surface area contributed by atoms with Gasteiger partial charge in [-0.25, -0.2) is 4.68 Å². The van der Waals surface area contributed by atoms with Gasteiger partial charge in [0.1, 0.15) is 12.5 Å². The van der Waals surface area contributed by atoms with Crippen LogP contribution in [0.15, 0.2) is 30.3 Å². The molecule has 3 rings (SSSR count). The Kier molecular flexibility index (Phi) is 7.10. The van der Waals surface area contributed by atoms with Crippen molar-refractivity contribution in [3.05, 3.63) is 50.5 Å². The molecule has 0 bridgehead atoms. The van der Waals surface area contributed by atoms with Crippen molar-refractivity contribution in [2.45, 2.75) is 32.4 Å². The van der Waals surface area contributed by atoms with Gasteiger partial charge in [-0.15, -0.1) is 5.10 Å². The van der Waals surface area contributed by atoms with Gasteiger partial charge in [0.2, 0.25) is 5.88 Å². The van der Waals surface area contributed by atoms with Crippen molar-refractivity contribution in [1.29, 1.82) is 0 Å². The number of rotatable bonds is 9. The number of hydrogen-bond donors (Lipinski definition) is 0. The van der Waals surface area contributed by atoms with Gasteiger partial charge in [-0.3, -0.25) is 10.1 Å². The Morgan fingerprint density at radius 3 is 2.42 bits per heavy atom. The van der Waals surface area contributed by atoms with E-state index < -0.39 is 13.0 Å². The first-order valence-corrected chi connectivity index (χ1v) is 14.0. The third-order valence-electron chi connectivity index (χ3n) is 4.51. The third-order valence-corrected chi connectivity index (χ3v) is 6.77. The molecule has 11 heteroatoms. The lowest BCUT2D eigenvalue weighted by molar-refractivity contribution is -0.384. The zero-order valence-corrected chi connectivity index (χ0v) is 20.2. The molecule has 0 saturated heterocycles. The van der Waals surface area contributed by atoms with E-state index in [1.54, 1.807) is 16.8 Å². The Hall–Kier alpha value is -2.33. The zero-order chi connectivity index (χ0) is 22.8. The fourth-order valence-corrected chi connectivity index (χ4v) is 4.15. The number of nitro groups is 1. The molecule has 31 heavy (non-hydrogen) atoms. The van der Waals surface area contributed by atoms with Gasteiger partial charge in [0.25, 0.3) is 5.69 Å². The molecule has 0 aliphatic rings. The topological polar surface area (TPSA) is 88.7 Å². The van der Waals surface area contributed by atoms with Crippen molar-refractivity contribution >= 4 is 47.9 Å². The average Bonchev–Trinajstić information content (AvgIpc) is 3.04. The summed E-state index contributed by atoms with van der Waals surface area (Å²) in [6.07, 6.45) is 0. The molecule has 0 spiro atoms. The standard InChI is InChI=1S/C20H23Cl2N3O5Si/c1-28-20-15-11-14(30-19-16(21)9-13(25(26)27)10-17(19)22)5-6-18(15)24(23-20)12-29-7-8-31(2,3)4/h5-6,9-11H,7-8,12H2,1-4H3. The summed E-state index contributed by atoms with van der Waals surface area (Å²) in [7, 11) is 0.368. The summed E-state index contributed by atoms with van der Waals surface area (Å²) in [5.74, 6) is 0.993. The van der Waals surface area contributed by atoms with Crippen molar-refractivity contribution in [1.82, 2.24) is 9.78 Å². The van der Waals surface area contributed by atoms with Gasteiger partial charge in [-0.2, -0.15) is 0 Å². The van der Waals surface area contributed by atoms with Gasteiger partial charge >= 0.3 is 0 Å². The molecule has 0 unspecified atom stereocenters. The predicted molar refractivity (Wildman–Crippen MR) is 124 cm³/mol. The van der Waals surface area contributed by atoms with E-state index in [9.17, 15) is 10.1 Å². The maximum absolute atomic E-state index is 11.0. The number of benzene rings is 2. The summed E-state index contributed by atoms with van der Waals surface area (Å²) in [5.41, 5.74) is 0.605. The number of hydrogen-bond acceptors (Lipinski definition) is 6. The van der Waals surface area contributed by atoms with E-state index in [1.165, 1.54) is 19.2 Å². The van der Waals surface area contributed by atoms with Crippen LogP contribution in [0, 0.1) is 10.1 Å². The highest BCUT2D eigenvalue weighted by Gasteiger charge is 2.18. The number of non-ortho nitro benzene ring substituents is 1. The highest BCUT2D eigenvalue weighted by atomic mass is 35.5. The molecule has 3 aromatic rings. The van der Waals surface area contributed by atoms with Crippen LogP contribution in [0.1, 0.15) is 0 Å². The number of nitrogens with zero attached hydrogens (tertiary/aromatic N) is 3. The largest absolute Gasteiger partial charge is 0.479 e. The quantitative estimate of drug-likeness (QED) is 0.152. The molecule has 1 heterocycles. The van der Waals surface area contributed by atoms with Crippen LogP contribution in [0.25, 0.3) is 10.9 Å². The maximum atomic E-state index is 11.0. The monoisotopic (exact) mass is 483 g/mol. The van der Waals surface area contributed by atoms with E-state index in [-0.39, 0.29) is 21.5 Å². The van der Waals surface area contributed by atoms with Crippen LogP contribution in [0.2, 0.25) is 35.7 Å². The van der Waals surface area contributed by atoms with Gasteiger partial charge in [0.05, 0.1) is 33.0 Å². The van der Waals surface area contributed by atoms with Crippen LogP contribution in [0.5, 0.6) is 17.4 Å². The van der Waals surface area contributed by atoms with E-state index in [1.807, 2.05) is 6.07 Å². The molecular formula is C20H23Cl2N3O5Si. The molecule has 0 atom stereocenters. The molecule has 2 aromatic carbocycles. The summed E-state index contributed by atoms with van der Waals surface area (Å²) in [6.45, 7) is 7.89. The average molecular weight is 484 g/mol.